The zero-order valence-electron chi connectivity index (χ0n) is 17.5. The first-order valence-corrected chi connectivity index (χ1v) is 10.6. The predicted octanol–water partition coefficient (Wildman–Crippen LogP) is 3.07. The van der Waals surface area contributed by atoms with E-state index in [9.17, 15) is 18.8 Å². The van der Waals surface area contributed by atoms with E-state index in [1.165, 1.54) is 29.8 Å². The lowest BCUT2D eigenvalue weighted by atomic mass is 9.90. The van der Waals surface area contributed by atoms with Crippen LogP contribution in [-0.4, -0.2) is 47.3 Å². The fourth-order valence-electron chi connectivity index (χ4n) is 4.39. The van der Waals surface area contributed by atoms with Gasteiger partial charge in [0.1, 0.15) is 17.9 Å². The molecular weight excluding hydrogens is 397 g/mol. The molecule has 4 rings (SSSR count). The Balaban J connectivity index is 1.35. The Labute approximate surface area is 181 Å². The number of benzene rings is 2. The van der Waals surface area contributed by atoms with Crippen LogP contribution in [0.3, 0.4) is 0 Å². The van der Waals surface area contributed by atoms with E-state index in [0.717, 1.165) is 24.2 Å². The van der Waals surface area contributed by atoms with Crippen LogP contribution in [-0.2, 0) is 21.5 Å². The van der Waals surface area contributed by atoms with E-state index >= 15 is 0 Å². The van der Waals surface area contributed by atoms with Crippen LogP contribution in [0.15, 0.2) is 54.6 Å². The summed E-state index contributed by atoms with van der Waals surface area (Å²) in [5, 5.41) is 2.65. The van der Waals surface area contributed by atoms with Gasteiger partial charge in [0.25, 0.3) is 5.91 Å². The second kappa shape index (κ2) is 8.49. The molecule has 6 nitrogen and oxygen atoms in total. The largest absolute Gasteiger partial charge is 0.341 e. The summed E-state index contributed by atoms with van der Waals surface area (Å²) in [6.45, 7) is 2.52. The number of amides is 4. The summed E-state index contributed by atoms with van der Waals surface area (Å²) in [4.78, 5) is 40.9. The van der Waals surface area contributed by atoms with Crippen molar-refractivity contribution in [3.8, 4) is 0 Å². The highest BCUT2D eigenvalue weighted by atomic mass is 19.1. The second-order valence-corrected chi connectivity index (χ2v) is 8.47. The molecular formula is C24H26FN3O3. The number of nitrogens with one attached hydrogen (secondary N) is 1. The molecule has 2 aromatic carbocycles. The number of likely N-dealkylation sites (tertiary alicyclic amines) is 1. The summed E-state index contributed by atoms with van der Waals surface area (Å²) in [7, 11) is 0. The van der Waals surface area contributed by atoms with Crippen LogP contribution >= 0.6 is 0 Å². The molecule has 0 unspecified atom stereocenters. The molecule has 7 heteroatoms. The minimum Gasteiger partial charge on any atom is -0.341 e. The maximum absolute atomic E-state index is 13.2. The molecule has 162 valence electrons. The number of carbonyl (C=O) groups is 3. The number of imide groups is 1. The molecule has 0 aliphatic carbocycles. The van der Waals surface area contributed by atoms with Crippen molar-refractivity contribution in [2.45, 2.75) is 31.7 Å². The summed E-state index contributed by atoms with van der Waals surface area (Å²) >= 11 is 0. The molecule has 2 saturated heterocycles. The molecule has 2 heterocycles. The van der Waals surface area contributed by atoms with Crippen LogP contribution < -0.4 is 5.32 Å². The van der Waals surface area contributed by atoms with Crippen LogP contribution in [0.4, 0.5) is 9.18 Å². The van der Waals surface area contributed by atoms with Crippen molar-refractivity contribution in [3.05, 3.63) is 71.5 Å². The smallest absolute Gasteiger partial charge is 0.325 e. The second-order valence-electron chi connectivity index (χ2n) is 8.47. The Hall–Kier alpha value is -3.22. The van der Waals surface area contributed by atoms with Gasteiger partial charge >= 0.3 is 6.03 Å². The number of urea groups is 1. The summed E-state index contributed by atoms with van der Waals surface area (Å²) in [6, 6.07) is 15.1. The molecule has 4 amide bonds. The molecule has 1 N–H and O–H groups in total. The van der Waals surface area contributed by atoms with E-state index in [1.54, 1.807) is 11.8 Å². The van der Waals surface area contributed by atoms with E-state index in [2.05, 4.69) is 17.4 Å². The normalized spacial score (nSPS) is 22.0. The Morgan fingerprint density at radius 2 is 1.71 bits per heavy atom. The number of piperidine rings is 1. The van der Waals surface area contributed by atoms with Gasteiger partial charge < -0.3 is 10.2 Å². The Morgan fingerprint density at radius 3 is 2.35 bits per heavy atom. The maximum Gasteiger partial charge on any atom is 0.325 e. The molecule has 2 fully saturated rings. The zero-order valence-corrected chi connectivity index (χ0v) is 17.5. The molecule has 2 aliphatic heterocycles. The maximum atomic E-state index is 13.2. The third-order valence-corrected chi connectivity index (χ3v) is 6.32. The molecule has 1 atom stereocenters. The molecule has 0 aromatic heterocycles. The highest BCUT2D eigenvalue weighted by Gasteiger charge is 2.49. The molecule has 0 radical (unpaired) electrons. The van der Waals surface area contributed by atoms with Crippen molar-refractivity contribution >= 4 is 17.8 Å². The quantitative estimate of drug-likeness (QED) is 0.752. The summed E-state index contributed by atoms with van der Waals surface area (Å²) in [5.74, 6) is -0.641. The Bertz CT molecular complexity index is 971. The van der Waals surface area contributed by atoms with E-state index in [-0.39, 0.29) is 12.5 Å². The highest BCUT2D eigenvalue weighted by molar-refractivity contribution is 6.09. The van der Waals surface area contributed by atoms with Crippen molar-refractivity contribution in [2.24, 2.45) is 5.92 Å². The number of hydrogen-bond donors (Lipinski definition) is 1. The van der Waals surface area contributed by atoms with Gasteiger partial charge in [-0.25, -0.2) is 9.18 Å². The highest BCUT2D eigenvalue weighted by Crippen LogP contribution is 2.29. The number of rotatable bonds is 5. The van der Waals surface area contributed by atoms with Gasteiger partial charge in [-0.05, 0) is 55.4 Å². The molecule has 0 bridgehead atoms. The van der Waals surface area contributed by atoms with E-state index in [0.29, 0.717) is 24.6 Å². The van der Waals surface area contributed by atoms with Gasteiger partial charge in [0.15, 0.2) is 0 Å². The van der Waals surface area contributed by atoms with Crippen molar-refractivity contribution in [1.82, 2.24) is 15.1 Å². The molecule has 0 saturated carbocycles. The van der Waals surface area contributed by atoms with Gasteiger partial charge in [0, 0.05) is 13.1 Å². The van der Waals surface area contributed by atoms with Crippen LogP contribution in [0.5, 0.6) is 0 Å². The first-order chi connectivity index (χ1) is 14.9. The van der Waals surface area contributed by atoms with Crippen LogP contribution in [0.1, 0.15) is 30.9 Å². The van der Waals surface area contributed by atoms with Gasteiger partial charge in [-0.3, -0.25) is 14.5 Å². The molecule has 2 aromatic rings. The zero-order chi connectivity index (χ0) is 22.0. The van der Waals surface area contributed by atoms with E-state index < -0.39 is 23.3 Å². The number of carbonyl (C=O) groups excluding carboxylic acids is 3. The minimum absolute atomic E-state index is 0.231. The first kappa shape index (κ1) is 21.0. The lowest BCUT2D eigenvalue weighted by molar-refractivity contribution is -0.139. The fraction of sp³-hybridized carbons (Fsp3) is 0.375. The van der Waals surface area contributed by atoms with Crippen LogP contribution in [0.25, 0.3) is 0 Å². The molecule has 2 aliphatic rings. The van der Waals surface area contributed by atoms with Gasteiger partial charge in [0.2, 0.25) is 5.91 Å². The SMILES string of the molecule is C[C@@]1(c2ccc(F)cc2)NC(=O)N(CC(=O)N2CCC(Cc3ccccc3)CC2)C1=O. The van der Waals surface area contributed by atoms with Crippen LogP contribution in [0, 0.1) is 11.7 Å². The third kappa shape index (κ3) is 4.31. The summed E-state index contributed by atoms with van der Waals surface area (Å²) < 4.78 is 13.2. The average Bonchev–Trinajstić information content (AvgIpc) is 2.99. The first-order valence-electron chi connectivity index (χ1n) is 10.6. The standard InChI is InChI=1S/C24H26FN3O3/c1-24(19-7-9-20(25)10-8-19)22(30)28(23(31)26-24)16-21(29)27-13-11-18(12-14-27)15-17-5-3-2-4-6-17/h2-10,18H,11-16H2,1H3,(H,26,31)/t24-/m0/s1. The van der Waals surface area contributed by atoms with Crippen molar-refractivity contribution in [1.29, 1.82) is 0 Å². The molecule has 0 spiro atoms. The van der Waals surface area contributed by atoms with E-state index in [4.69, 9.17) is 0 Å². The topological polar surface area (TPSA) is 69.7 Å². The number of nitrogens with zero attached hydrogens (tertiary/aromatic N) is 2. The van der Waals surface area contributed by atoms with Crippen molar-refractivity contribution in [3.63, 3.8) is 0 Å². The lowest BCUT2D eigenvalue weighted by Crippen LogP contribution is -2.46. The minimum atomic E-state index is -1.31. The number of halogens is 1. The number of hydrogen-bond acceptors (Lipinski definition) is 3. The fourth-order valence-corrected chi connectivity index (χ4v) is 4.39. The Morgan fingerprint density at radius 1 is 1.06 bits per heavy atom. The average molecular weight is 423 g/mol. The summed E-state index contributed by atoms with van der Waals surface area (Å²) in [5.41, 5.74) is 0.462. The van der Waals surface area contributed by atoms with Gasteiger partial charge in [-0.15, -0.1) is 0 Å². The van der Waals surface area contributed by atoms with Crippen LogP contribution in [0.2, 0.25) is 0 Å². The monoisotopic (exact) mass is 423 g/mol. The molecule has 31 heavy (non-hydrogen) atoms. The van der Waals surface area contributed by atoms with Crippen molar-refractivity contribution < 1.29 is 18.8 Å². The predicted molar refractivity (Wildman–Crippen MR) is 113 cm³/mol. The third-order valence-electron chi connectivity index (χ3n) is 6.32. The van der Waals surface area contributed by atoms with Gasteiger partial charge in [-0.1, -0.05) is 42.5 Å². The van der Waals surface area contributed by atoms with Gasteiger partial charge in [0.05, 0.1) is 0 Å². The lowest BCUT2D eigenvalue weighted by Gasteiger charge is -2.33. The van der Waals surface area contributed by atoms with E-state index in [1.807, 2.05) is 18.2 Å². The summed E-state index contributed by atoms with van der Waals surface area (Å²) in [6.07, 6.45) is 2.79. The Kier molecular flexibility index (Phi) is 5.76. The van der Waals surface area contributed by atoms with Gasteiger partial charge in [-0.2, -0.15) is 0 Å². The van der Waals surface area contributed by atoms with Crippen molar-refractivity contribution in [2.75, 3.05) is 19.6 Å².